The number of ether oxygens (including phenoxy) is 1. The van der Waals surface area contributed by atoms with Gasteiger partial charge < -0.3 is 9.15 Å². The van der Waals surface area contributed by atoms with Gasteiger partial charge in [-0.05, 0) is 42.5 Å². The molecule has 0 fully saturated rings. The fourth-order valence-corrected chi connectivity index (χ4v) is 3.17. The lowest BCUT2D eigenvalue weighted by molar-refractivity contribution is 0.0985. The Labute approximate surface area is 167 Å². The second-order valence-corrected chi connectivity index (χ2v) is 6.41. The fourth-order valence-electron chi connectivity index (χ4n) is 3.17. The van der Waals surface area contributed by atoms with E-state index in [4.69, 9.17) is 9.15 Å². The number of fused-ring (bicyclic) bond motifs is 1. The van der Waals surface area contributed by atoms with Crippen LogP contribution in [0.15, 0.2) is 77.5 Å². The SMILES string of the molecule is COc1ccc(N(C(=O)c2cccnc2)c2ccccc2)c2cc(C(C)=O)oc12. The summed E-state index contributed by atoms with van der Waals surface area (Å²) in [6, 6.07) is 17.8. The number of carbonyl (C=O) groups excluding carboxylic acids is 2. The van der Waals surface area contributed by atoms with Crippen molar-refractivity contribution in [3.05, 3.63) is 84.4 Å². The number of nitrogens with zero attached hydrogens (tertiary/aromatic N) is 2. The Morgan fingerprint density at radius 1 is 1.03 bits per heavy atom. The van der Waals surface area contributed by atoms with Crippen LogP contribution in [-0.2, 0) is 0 Å². The molecule has 4 rings (SSSR count). The number of para-hydroxylation sites is 1. The second-order valence-electron chi connectivity index (χ2n) is 6.41. The highest BCUT2D eigenvalue weighted by molar-refractivity contribution is 6.15. The first kappa shape index (κ1) is 18.4. The quantitative estimate of drug-likeness (QED) is 0.451. The van der Waals surface area contributed by atoms with Crippen molar-refractivity contribution in [2.24, 2.45) is 0 Å². The van der Waals surface area contributed by atoms with Crippen molar-refractivity contribution in [3.8, 4) is 5.75 Å². The van der Waals surface area contributed by atoms with Gasteiger partial charge >= 0.3 is 0 Å². The average molecular weight is 386 g/mol. The molecule has 0 bridgehead atoms. The van der Waals surface area contributed by atoms with Crippen LogP contribution in [0.5, 0.6) is 5.75 Å². The molecular formula is C23H18N2O4. The van der Waals surface area contributed by atoms with Gasteiger partial charge in [0.1, 0.15) is 0 Å². The van der Waals surface area contributed by atoms with Gasteiger partial charge in [-0.25, -0.2) is 0 Å². The van der Waals surface area contributed by atoms with E-state index in [1.807, 2.05) is 30.3 Å². The summed E-state index contributed by atoms with van der Waals surface area (Å²) in [6.07, 6.45) is 3.14. The molecule has 6 nitrogen and oxygen atoms in total. The van der Waals surface area contributed by atoms with Crippen molar-refractivity contribution in [1.82, 2.24) is 4.98 Å². The molecule has 0 saturated heterocycles. The predicted molar refractivity (Wildman–Crippen MR) is 110 cm³/mol. The number of hydrogen-bond acceptors (Lipinski definition) is 5. The summed E-state index contributed by atoms with van der Waals surface area (Å²) in [5.74, 6) is 0.228. The number of aromatic nitrogens is 1. The Kier molecular flexibility index (Phi) is 4.83. The van der Waals surface area contributed by atoms with Gasteiger partial charge in [0.05, 0.1) is 18.4 Å². The number of furan rings is 1. The summed E-state index contributed by atoms with van der Waals surface area (Å²) >= 11 is 0. The number of pyridine rings is 1. The minimum absolute atomic E-state index is 0.201. The second kappa shape index (κ2) is 7.59. The molecule has 0 aliphatic heterocycles. The van der Waals surface area contributed by atoms with Gasteiger partial charge in [-0.3, -0.25) is 19.5 Å². The van der Waals surface area contributed by atoms with Crippen LogP contribution in [0.1, 0.15) is 27.8 Å². The third-order valence-electron chi connectivity index (χ3n) is 4.56. The maximum atomic E-state index is 13.4. The number of hydrogen-bond donors (Lipinski definition) is 0. The highest BCUT2D eigenvalue weighted by atomic mass is 16.5. The van der Waals surface area contributed by atoms with E-state index in [0.717, 1.165) is 0 Å². The molecular weight excluding hydrogens is 368 g/mol. The molecule has 144 valence electrons. The minimum Gasteiger partial charge on any atom is -0.493 e. The van der Waals surface area contributed by atoms with Crippen LogP contribution in [0, 0.1) is 0 Å². The smallest absolute Gasteiger partial charge is 0.264 e. The number of amides is 1. The molecule has 0 atom stereocenters. The van der Waals surface area contributed by atoms with E-state index >= 15 is 0 Å². The topological polar surface area (TPSA) is 72.6 Å². The highest BCUT2D eigenvalue weighted by Crippen LogP contribution is 2.39. The van der Waals surface area contributed by atoms with Crippen molar-refractivity contribution >= 4 is 34.0 Å². The van der Waals surface area contributed by atoms with Crippen LogP contribution in [0.4, 0.5) is 11.4 Å². The Morgan fingerprint density at radius 2 is 1.83 bits per heavy atom. The molecule has 0 saturated carbocycles. The van der Waals surface area contributed by atoms with Gasteiger partial charge in [-0.1, -0.05) is 18.2 Å². The number of carbonyl (C=O) groups is 2. The Morgan fingerprint density at radius 3 is 2.48 bits per heavy atom. The van der Waals surface area contributed by atoms with Crippen LogP contribution in [0.2, 0.25) is 0 Å². The zero-order valence-corrected chi connectivity index (χ0v) is 16.0. The molecule has 0 N–H and O–H groups in total. The first-order chi connectivity index (χ1) is 14.1. The molecule has 2 heterocycles. The summed E-state index contributed by atoms with van der Waals surface area (Å²) < 4.78 is 11.1. The van der Waals surface area contributed by atoms with Crippen LogP contribution in [0.3, 0.4) is 0 Å². The first-order valence-corrected chi connectivity index (χ1v) is 9.01. The van der Waals surface area contributed by atoms with Crippen LogP contribution in [0.25, 0.3) is 11.0 Å². The number of ketones is 1. The standard InChI is InChI=1S/C23H18N2O4/c1-15(26)21-13-18-19(10-11-20(28-2)22(18)29-21)25(17-8-4-3-5-9-17)23(27)16-7-6-12-24-14-16/h3-14H,1-2H3. The van der Waals surface area contributed by atoms with E-state index in [0.29, 0.717) is 33.7 Å². The molecule has 6 heteroatoms. The van der Waals surface area contributed by atoms with Crippen LogP contribution >= 0.6 is 0 Å². The molecule has 1 amide bonds. The number of rotatable bonds is 5. The Balaban J connectivity index is 1.97. The molecule has 29 heavy (non-hydrogen) atoms. The fraction of sp³-hybridized carbons (Fsp3) is 0.0870. The van der Waals surface area contributed by atoms with E-state index in [2.05, 4.69) is 4.98 Å². The lowest BCUT2D eigenvalue weighted by Gasteiger charge is -2.24. The lowest BCUT2D eigenvalue weighted by Crippen LogP contribution is -2.26. The Bertz CT molecular complexity index is 1180. The third-order valence-corrected chi connectivity index (χ3v) is 4.56. The van der Waals surface area contributed by atoms with Crippen molar-refractivity contribution < 1.29 is 18.7 Å². The van der Waals surface area contributed by atoms with E-state index in [-0.39, 0.29) is 17.5 Å². The summed E-state index contributed by atoms with van der Waals surface area (Å²) in [6.45, 7) is 1.43. The normalized spacial score (nSPS) is 10.7. The maximum Gasteiger partial charge on any atom is 0.264 e. The summed E-state index contributed by atoms with van der Waals surface area (Å²) in [5.41, 5.74) is 2.11. The zero-order chi connectivity index (χ0) is 20.4. The van der Waals surface area contributed by atoms with Crippen molar-refractivity contribution in [3.63, 3.8) is 0 Å². The van der Waals surface area contributed by atoms with Gasteiger partial charge in [0, 0.05) is 30.4 Å². The van der Waals surface area contributed by atoms with E-state index in [1.54, 1.807) is 41.4 Å². The van der Waals surface area contributed by atoms with Crippen LogP contribution < -0.4 is 9.64 Å². The third kappa shape index (κ3) is 3.36. The van der Waals surface area contributed by atoms with E-state index < -0.39 is 0 Å². The van der Waals surface area contributed by atoms with Gasteiger partial charge in [0.2, 0.25) is 0 Å². The summed E-state index contributed by atoms with van der Waals surface area (Å²) in [5, 5.41) is 0.607. The number of Topliss-reactive ketones (excluding diaryl/α,β-unsaturated/α-hetero) is 1. The summed E-state index contributed by atoms with van der Waals surface area (Å²) in [4.78, 5) is 31.0. The van der Waals surface area contributed by atoms with Gasteiger partial charge in [-0.2, -0.15) is 0 Å². The monoisotopic (exact) mass is 386 g/mol. The first-order valence-electron chi connectivity index (χ1n) is 9.01. The summed E-state index contributed by atoms with van der Waals surface area (Å²) in [7, 11) is 1.53. The number of anilines is 2. The molecule has 0 spiro atoms. The average Bonchev–Trinajstić information content (AvgIpc) is 3.21. The molecule has 0 radical (unpaired) electrons. The largest absolute Gasteiger partial charge is 0.493 e. The van der Waals surface area contributed by atoms with Gasteiger partial charge in [0.15, 0.2) is 22.9 Å². The van der Waals surface area contributed by atoms with Gasteiger partial charge in [-0.15, -0.1) is 0 Å². The minimum atomic E-state index is -0.249. The Hall–Kier alpha value is -3.93. The lowest BCUT2D eigenvalue weighted by atomic mass is 10.1. The van der Waals surface area contributed by atoms with Crippen molar-refractivity contribution in [2.45, 2.75) is 6.92 Å². The van der Waals surface area contributed by atoms with Crippen LogP contribution in [-0.4, -0.2) is 23.8 Å². The molecule has 4 aromatic rings. The number of benzene rings is 2. The van der Waals surface area contributed by atoms with Gasteiger partial charge in [0.25, 0.3) is 5.91 Å². The van der Waals surface area contributed by atoms with E-state index in [1.165, 1.54) is 20.2 Å². The maximum absolute atomic E-state index is 13.4. The van der Waals surface area contributed by atoms with Crippen molar-refractivity contribution in [2.75, 3.05) is 12.0 Å². The molecule has 2 aromatic heterocycles. The molecule has 0 aliphatic carbocycles. The predicted octanol–water partition coefficient (Wildman–Crippen LogP) is 5.02. The highest BCUT2D eigenvalue weighted by Gasteiger charge is 2.25. The zero-order valence-electron chi connectivity index (χ0n) is 16.0. The number of methoxy groups -OCH3 is 1. The molecule has 0 unspecified atom stereocenters. The molecule has 0 aliphatic rings. The van der Waals surface area contributed by atoms with Crippen molar-refractivity contribution in [1.29, 1.82) is 0 Å². The molecule has 2 aromatic carbocycles. The van der Waals surface area contributed by atoms with E-state index in [9.17, 15) is 9.59 Å².